The summed E-state index contributed by atoms with van der Waals surface area (Å²) in [5, 5.41) is 5.56. The first-order valence-electron chi connectivity index (χ1n) is 8.44. The molecule has 0 spiro atoms. The molecule has 2 rings (SSSR count). The van der Waals surface area contributed by atoms with Gasteiger partial charge in [0.15, 0.2) is 0 Å². The van der Waals surface area contributed by atoms with Crippen molar-refractivity contribution in [3.8, 4) is 0 Å². The van der Waals surface area contributed by atoms with Crippen LogP contribution in [0.4, 0.5) is 4.79 Å². The second-order valence-electron chi connectivity index (χ2n) is 7.10. The van der Waals surface area contributed by atoms with Crippen molar-refractivity contribution in [1.29, 1.82) is 0 Å². The third-order valence-electron chi connectivity index (χ3n) is 3.84. The van der Waals surface area contributed by atoms with Gasteiger partial charge in [-0.15, -0.1) is 0 Å². The molecule has 0 atom stereocenters. The van der Waals surface area contributed by atoms with Gasteiger partial charge < -0.3 is 20.4 Å². The van der Waals surface area contributed by atoms with E-state index in [2.05, 4.69) is 10.6 Å². The van der Waals surface area contributed by atoms with Gasteiger partial charge in [-0.25, -0.2) is 4.79 Å². The standard InChI is InChI=1S/C18H26N4O3/c1-18(2,3)20-17(25)22-11-9-21(10-12-22)15(23)13-19-16(24)14-7-5-4-6-8-14/h4-8H,9-13H2,1-3H3,(H,19,24)(H,20,25). The van der Waals surface area contributed by atoms with Crippen LogP contribution in [0.3, 0.4) is 0 Å². The van der Waals surface area contributed by atoms with Gasteiger partial charge in [0.05, 0.1) is 6.54 Å². The summed E-state index contributed by atoms with van der Waals surface area (Å²) in [7, 11) is 0. The number of hydrogen-bond donors (Lipinski definition) is 2. The molecule has 2 N–H and O–H groups in total. The van der Waals surface area contributed by atoms with Crippen molar-refractivity contribution in [3.05, 3.63) is 35.9 Å². The lowest BCUT2D eigenvalue weighted by Gasteiger charge is -2.36. The summed E-state index contributed by atoms with van der Waals surface area (Å²) in [5.74, 6) is -0.405. The molecule has 0 aliphatic carbocycles. The van der Waals surface area contributed by atoms with Gasteiger partial charge in [-0.1, -0.05) is 18.2 Å². The highest BCUT2D eigenvalue weighted by atomic mass is 16.2. The molecule has 1 fully saturated rings. The number of hydrogen-bond acceptors (Lipinski definition) is 3. The van der Waals surface area contributed by atoms with Gasteiger partial charge in [0.25, 0.3) is 5.91 Å². The largest absolute Gasteiger partial charge is 0.343 e. The summed E-state index contributed by atoms with van der Waals surface area (Å²) >= 11 is 0. The fourth-order valence-corrected chi connectivity index (χ4v) is 2.52. The van der Waals surface area contributed by atoms with E-state index in [1.165, 1.54) is 0 Å². The second kappa shape index (κ2) is 8.00. The van der Waals surface area contributed by atoms with Crippen LogP contribution in [0, 0.1) is 0 Å². The summed E-state index contributed by atoms with van der Waals surface area (Å²) in [4.78, 5) is 39.7. The van der Waals surface area contributed by atoms with E-state index in [0.29, 0.717) is 31.7 Å². The molecule has 1 heterocycles. The number of benzene rings is 1. The molecule has 136 valence electrons. The fourth-order valence-electron chi connectivity index (χ4n) is 2.52. The molecular weight excluding hydrogens is 320 g/mol. The summed E-state index contributed by atoms with van der Waals surface area (Å²) < 4.78 is 0. The molecule has 0 radical (unpaired) electrons. The number of rotatable bonds is 3. The molecule has 0 unspecified atom stereocenters. The van der Waals surface area contributed by atoms with Crippen LogP contribution in [0.5, 0.6) is 0 Å². The Morgan fingerprint density at radius 2 is 1.52 bits per heavy atom. The maximum Gasteiger partial charge on any atom is 0.317 e. The van der Waals surface area contributed by atoms with Crippen molar-refractivity contribution in [2.75, 3.05) is 32.7 Å². The Morgan fingerprint density at radius 3 is 2.08 bits per heavy atom. The van der Waals surface area contributed by atoms with Crippen molar-refractivity contribution in [2.24, 2.45) is 0 Å². The van der Waals surface area contributed by atoms with Crippen LogP contribution in [0.1, 0.15) is 31.1 Å². The van der Waals surface area contributed by atoms with E-state index in [1.807, 2.05) is 26.8 Å². The third kappa shape index (κ3) is 5.77. The first kappa shape index (κ1) is 18.8. The molecular formula is C18H26N4O3. The van der Waals surface area contributed by atoms with Crippen LogP contribution in [0.25, 0.3) is 0 Å². The Morgan fingerprint density at radius 1 is 0.960 bits per heavy atom. The van der Waals surface area contributed by atoms with Crippen LogP contribution >= 0.6 is 0 Å². The molecule has 0 aromatic heterocycles. The lowest BCUT2D eigenvalue weighted by Crippen LogP contribution is -2.56. The van der Waals surface area contributed by atoms with Crippen molar-refractivity contribution >= 4 is 17.8 Å². The molecule has 7 heteroatoms. The first-order chi connectivity index (χ1) is 11.8. The van der Waals surface area contributed by atoms with Crippen molar-refractivity contribution < 1.29 is 14.4 Å². The Labute approximate surface area is 148 Å². The molecule has 1 aromatic rings. The zero-order valence-electron chi connectivity index (χ0n) is 15.0. The van der Waals surface area contributed by atoms with Gasteiger partial charge >= 0.3 is 6.03 Å². The van der Waals surface area contributed by atoms with Gasteiger partial charge in [0, 0.05) is 37.3 Å². The quantitative estimate of drug-likeness (QED) is 0.859. The highest BCUT2D eigenvalue weighted by molar-refractivity contribution is 5.96. The van der Waals surface area contributed by atoms with E-state index in [0.717, 1.165) is 0 Å². The van der Waals surface area contributed by atoms with E-state index >= 15 is 0 Å². The zero-order valence-corrected chi connectivity index (χ0v) is 15.0. The molecule has 0 saturated carbocycles. The molecule has 7 nitrogen and oxygen atoms in total. The minimum atomic E-state index is -0.286. The van der Waals surface area contributed by atoms with Crippen molar-refractivity contribution in [3.63, 3.8) is 0 Å². The number of carbonyl (C=O) groups is 3. The van der Waals surface area contributed by atoms with E-state index < -0.39 is 0 Å². The Kier molecular flexibility index (Phi) is 6.01. The highest BCUT2D eigenvalue weighted by Crippen LogP contribution is 2.06. The molecule has 1 aromatic carbocycles. The molecule has 1 aliphatic heterocycles. The SMILES string of the molecule is CC(C)(C)NC(=O)N1CCN(C(=O)CNC(=O)c2ccccc2)CC1. The predicted octanol–water partition coefficient (Wildman–Crippen LogP) is 1.07. The van der Waals surface area contributed by atoms with Gasteiger partial charge in [0.1, 0.15) is 0 Å². The molecule has 1 saturated heterocycles. The normalized spacial score (nSPS) is 14.8. The highest BCUT2D eigenvalue weighted by Gasteiger charge is 2.26. The molecule has 0 bridgehead atoms. The van der Waals surface area contributed by atoms with Crippen molar-refractivity contribution in [1.82, 2.24) is 20.4 Å². The fraction of sp³-hybridized carbons (Fsp3) is 0.500. The van der Waals surface area contributed by atoms with Gasteiger partial charge in [-0.2, -0.15) is 0 Å². The summed E-state index contributed by atoms with van der Waals surface area (Å²) in [6, 6.07) is 8.67. The van der Waals surface area contributed by atoms with Gasteiger partial charge in [-0.3, -0.25) is 9.59 Å². The van der Waals surface area contributed by atoms with Gasteiger partial charge in [-0.05, 0) is 32.9 Å². The zero-order chi connectivity index (χ0) is 18.4. The maximum absolute atomic E-state index is 12.2. The summed E-state index contributed by atoms with van der Waals surface area (Å²) in [5.41, 5.74) is 0.241. The average molecular weight is 346 g/mol. The average Bonchev–Trinajstić information content (AvgIpc) is 2.58. The number of nitrogens with one attached hydrogen (secondary N) is 2. The first-order valence-corrected chi connectivity index (χ1v) is 8.44. The lowest BCUT2D eigenvalue weighted by atomic mass is 10.1. The van der Waals surface area contributed by atoms with Crippen LogP contribution in [-0.4, -0.2) is 65.9 Å². The Bertz CT molecular complexity index is 617. The molecule has 4 amide bonds. The lowest BCUT2D eigenvalue weighted by molar-refractivity contribution is -0.131. The topological polar surface area (TPSA) is 81.8 Å². The minimum absolute atomic E-state index is 0.0398. The summed E-state index contributed by atoms with van der Waals surface area (Å²) in [6.45, 7) is 7.66. The monoisotopic (exact) mass is 346 g/mol. The number of piperazine rings is 1. The van der Waals surface area contributed by atoms with Gasteiger partial charge in [0.2, 0.25) is 5.91 Å². The van der Waals surface area contributed by atoms with E-state index in [4.69, 9.17) is 0 Å². The minimum Gasteiger partial charge on any atom is -0.343 e. The van der Waals surface area contributed by atoms with Crippen LogP contribution < -0.4 is 10.6 Å². The number of urea groups is 1. The Hall–Kier alpha value is -2.57. The van der Waals surface area contributed by atoms with Crippen molar-refractivity contribution in [2.45, 2.75) is 26.3 Å². The smallest absolute Gasteiger partial charge is 0.317 e. The number of carbonyl (C=O) groups excluding carboxylic acids is 3. The van der Waals surface area contributed by atoms with Crippen LogP contribution in [0.2, 0.25) is 0 Å². The summed E-state index contributed by atoms with van der Waals surface area (Å²) in [6.07, 6.45) is 0. The second-order valence-corrected chi connectivity index (χ2v) is 7.10. The van der Waals surface area contributed by atoms with Crippen LogP contribution in [0.15, 0.2) is 30.3 Å². The third-order valence-corrected chi connectivity index (χ3v) is 3.84. The van der Waals surface area contributed by atoms with Crippen LogP contribution in [-0.2, 0) is 4.79 Å². The maximum atomic E-state index is 12.2. The Balaban J connectivity index is 1.76. The van der Waals surface area contributed by atoms with E-state index in [9.17, 15) is 14.4 Å². The molecule has 25 heavy (non-hydrogen) atoms. The predicted molar refractivity (Wildman–Crippen MR) is 95.2 cm³/mol. The number of nitrogens with zero attached hydrogens (tertiary/aromatic N) is 2. The molecule has 1 aliphatic rings. The number of amides is 4. The van der Waals surface area contributed by atoms with E-state index in [-0.39, 0.29) is 29.9 Å². The van der Waals surface area contributed by atoms with E-state index in [1.54, 1.807) is 34.1 Å².